The summed E-state index contributed by atoms with van der Waals surface area (Å²) >= 11 is 0. The number of nitrogens with two attached hydrogens (primary N) is 1. The lowest BCUT2D eigenvalue weighted by Gasteiger charge is -2.26. The van der Waals surface area contributed by atoms with Crippen LogP contribution in [0.1, 0.15) is 28.2 Å². The second-order valence-electron chi connectivity index (χ2n) is 8.48. The topological polar surface area (TPSA) is 96.8 Å². The number of allylic oxidation sites excluding steroid dienone is 1. The summed E-state index contributed by atoms with van der Waals surface area (Å²) in [5.74, 6) is 0.826. The van der Waals surface area contributed by atoms with E-state index in [0.717, 1.165) is 38.9 Å². The highest BCUT2D eigenvalue weighted by Gasteiger charge is 2.32. The molecule has 0 fully saturated rings. The highest BCUT2D eigenvalue weighted by molar-refractivity contribution is 5.93. The molecule has 6 heteroatoms. The fourth-order valence-electron chi connectivity index (χ4n) is 4.65. The molecule has 0 radical (unpaired) electrons. The van der Waals surface area contributed by atoms with Gasteiger partial charge in [0.2, 0.25) is 5.88 Å². The van der Waals surface area contributed by atoms with E-state index in [1.165, 1.54) is 0 Å². The van der Waals surface area contributed by atoms with Crippen molar-refractivity contribution >= 4 is 22.5 Å². The van der Waals surface area contributed by atoms with E-state index in [-0.39, 0.29) is 17.6 Å². The van der Waals surface area contributed by atoms with Crippen LogP contribution in [-0.2, 0) is 0 Å². The highest BCUT2D eigenvalue weighted by Crippen LogP contribution is 2.46. The number of para-hydroxylation sites is 1. The Hall–Kier alpha value is -4.58. The van der Waals surface area contributed by atoms with Gasteiger partial charge < -0.3 is 15.5 Å². The van der Waals surface area contributed by atoms with Crippen LogP contribution in [0.5, 0.6) is 5.88 Å². The van der Waals surface area contributed by atoms with E-state index in [2.05, 4.69) is 45.3 Å². The zero-order valence-electron chi connectivity index (χ0n) is 18.5. The Labute approximate surface area is 195 Å². The molecule has 6 nitrogen and oxygen atoms in total. The lowest BCUT2D eigenvalue weighted by molar-refractivity contribution is 0.468. The molecule has 0 saturated heterocycles. The van der Waals surface area contributed by atoms with Crippen LogP contribution in [0.25, 0.3) is 27.9 Å². The molecule has 1 aliphatic rings. The Morgan fingerprint density at radius 3 is 2.38 bits per heavy atom. The molecule has 34 heavy (non-hydrogen) atoms. The first-order valence-corrected chi connectivity index (χ1v) is 11.1. The lowest BCUT2D eigenvalue weighted by atomic mass is 9.85. The van der Waals surface area contributed by atoms with E-state index in [4.69, 9.17) is 10.5 Å². The molecule has 6 rings (SSSR count). The van der Waals surface area contributed by atoms with Gasteiger partial charge >= 0.3 is 5.69 Å². The highest BCUT2D eigenvalue weighted by atomic mass is 16.5. The van der Waals surface area contributed by atoms with Crippen molar-refractivity contribution < 1.29 is 4.74 Å². The number of nitrogens with one attached hydrogen (secondary N) is 2. The van der Waals surface area contributed by atoms with Crippen LogP contribution in [0.15, 0.2) is 89.7 Å². The number of fused-ring (bicyclic) bond motifs is 2. The van der Waals surface area contributed by atoms with Gasteiger partial charge in [-0.3, -0.25) is 4.98 Å². The molecule has 4 N–H and O–H groups in total. The number of rotatable bonds is 3. The predicted octanol–water partition coefficient (Wildman–Crippen LogP) is 5.37. The molecular formula is C28H22N4O2. The number of aryl methyl sites for hydroxylation is 1. The molecule has 0 amide bonds. The van der Waals surface area contributed by atoms with Crippen molar-refractivity contribution in [1.82, 2.24) is 15.0 Å². The summed E-state index contributed by atoms with van der Waals surface area (Å²) in [6.07, 6.45) is 2.06. The first kappa shape index (κ1) is 20.1. The van der Waals surface area contributed by atoms with Gasteiger partial charge in [-0.15, -0.1) is 0 Å². The summed E-state index contributed by atoms with van der Waals surface area (Å²) < 4.78 is 6.15. The van der Waals surface area contributed by atoms with E-state index in [1.807, 2.05) is 61.5 Å². The smallest absolute Gasteiger partial charge is 0.349 e. The number of ether oxygens (including phenoxy) is 1. The molecule has 0 bridgehead atoms. The molecule has 3 aromatic carbocycles. The minimum absolute atomic E-state index is 0.230. The maximum Gasteiger partial charge on any atom is 0.349 e. The molecular weight excluding hydrogens is 424 g/mol. The second kappa shape index (κ2) is 7.78. The van der Waals surface area contributed by atoms with E-state index in [0.29, 0.717) is 11.3 Å². The molecule has 2 aromatic heterocycles. The number of aromatic amines is 2. The van der Waals surface area contributed by atoms with E-state index in [9.17, 15) is 4.79 Å². The molecule has 0 aliphatic carbocycles. The number of nitrogens with zero attached hydrogens (tertiary/aromatic N) is 1. The maximum atomic E-state index is 12.2. The quantitative estimate of drug-likeness (QED) is 0.347. The maximum absolute atomic E-state index is 12.2. The number of anilines is 1. The van der Waals surface area contributed by atoms with Gasteiger partial charge in [-0.1, -0.05) is 78.4 Å². The van der Waals surface area contributed by atoms with Crippen molar-refractivity contribution in [3.63, 3.8) is 0 Å². The molecule has 3 heterocycles. The number of hydrogen-bond donors (Lipinski definition) is 3. The third kappa shape index (κ3) is 3.28. The fourth-order valence-corrected chi connectivity index (χ4v) is 4.65. The Morgan fingerprint density at radius 1 is 0.853 bits per heavy atom. The average molecular weight is 447 g/mol. The number of nitrogen functional groups attached to an aromatic ring is 1. The van der Waals surface area contributed by atoms with E-state index in [1.54, 1.807) is 0 Å². The number of H-pyrrole nitrogens is 2. The normalized spacial score (nSPS) is 15.0. The lowest BCUT2D eigenvalue weighted by Crippen LogP contribution is -2.21. The van der Waals surface area contributed by atoms with Crippen LogP contribution in [-0.4, -0.2) is 15.0 Å². The summed E-state index contributed by atoms with van der Waals surface area (Å²) in [4.78, 5) is 22.6. The van der Waals surface area contributed by atoms with Crippen LogP contribution in [0, 0.1) is 6.92 Å². The molecule has 166 valence electrons. The zero-order valence-corrected chi connectivity index (χ0v) is 18.5. The minimum Gasteiger partial charge on any atom is -0.438 e. The van der Waals surface area contributed by atoms with Crippen LogP contribution in [0.3, 0.4) is 0 Å². The summed E-state index contributed by atoms with van der Waals surface area (Å²) in [5.41, 5.74) is 12.6. The van der Waals surface area contributed by atoms with Gasteiger partial charge in [0.05, 0.1) is 11.3 Å². The summed E-state index contributed by atoms with van der Waals surface area (Å²) in [5, 5.41) is 1.07. The standard InChI is InChI=1S/C28H22N4O2/c1-16-11-13-17(14-12-16)22-15-20(24-26(29)31-28(33)32-27(24)34-22)23-19-9-5-6-10-21(19)30-25(23)18-7-3-2-4-8-18/h2-15,20,30H,1H3,(H3,29,31,32,33). The van der Waals surface area contributed by atoms with Crippen LogP contribution in [0.4, 0.5) is 5.82 Å². The Kier molecular flexibility index (Phi) is 4.59. The zero-order chi connectivity index (χ0) is 23.2. The van der Waals surface area contributed by atoms with Gasteiger partial charge in [-0.25, -0.2) is 4.79 Å². The van der Waals surface area contributed by atoms with Gasteiger partial charge in [0, 0.05) is 22.4 Å². The van der Waals surface area contributed by atoms with E-state index < -0.39 is 5.69 Å². The fraction of sp³-hybridized carbons (Fsp3) is 0.0714. The average Bonchev–Trinajstić information content (AvgIpc) is 3.23. The Morgan fingerprint density at radius 2 is 1.59 bits per heavy atom. The number of aromatic nitrogens is 3. The third-order valence-corrected chi connectivity index (χ3v) is 6.26. The Balaban J connectivity index is 1.66. The summed E-state index contributed by atoms with van der Waals surface area (Å²) in [6.45, 7) is 2.04. The summed E-state index contributed by atoms with van der Waals surface area (Å²) in [7, 11) is 0. The Bertz CT molecular complexity index is 1610. The van der Waals surface area contributed by atoms with Crippen LogP contribution >= 0.6 is 0 Å². The van der Waals surface area contributed by atoms with Gasteiger partial charge in [0.25, 0.3) is 0 Å². The van der Waals surface area contributed by atoms with Gasteiger partial charge in [0.1, 0.15) is 11.6 Å². The first-order chi connectivity index (χ1) is 16.6. The molecule has 5 aromatic rings. The monoisotopic (exact) mass is 446 g/mol. The molecule has 1 unspecified atom stereocenters. The van der Waals surface area contributed by atoms with Crippen LogP contribution < -0.4 is 16.2 Å². The van der Waals surface area contributed by atoms with Crippen molar-refractivity contribution in [3.05, 3.63) is 118 Å². The molecule has 0 saturated carbocycles. The largest absolute Gasteiger partial charge is 0.438 e. The van der Waals surface area contributed by atoms with Crippen molar-refractivity contribution in [1.29, 1.82) is 0 Å². The molecule has 1 aliphatic heterocycles. The third-order valence-electron chi connectivity index (χ3n) is 6.26. The number of hydrogen-bond acceptors (Lipinski definition) is 4. The van der Waals surface area contributed by atoms with Crippen molar-refractivity contribution in [2.45, 2.75) is 12.8 Å². The van der Waals surface area contributed by atoms with E-state index >= 15 is 0 Å². The SMILES string of the molecule is Cc1ccc(C2=CC(c3c(-c4ccccc4)[nH]c4ccccc34)c3c(nc(=O)[nH]c3N)O2)cc1. The van der Waals surface area contributed by atoms with Crippen molar-refractivity contribution in [2.24, 2.45) is 0 Å². The van der Waals surface area contributed by atoms with Crippen LogP contribution in [0.2, 0.25) is 0 Å². The van der Waals surface area contributed by atoms with Crippen molar-refractivity contribution in [2.75, 3.05) is 5.73 Å². The minimum atomic E-state index is -0.539. The summed E-state index contributed by atoms with van der Waals surface area (Å²) in [6, 6.07) is 26.5. The first-order valence-electron chi connectivity index (χ1n) is 11.1. The predicted molar refractivity (Wildman–Crippen MR) is 135 cm³/mol. The molecule has 0 spiro atoms. The number of benzene rings is 3. The van der Waals surface area contributed by atoms with Gasteiger partial charge in [-0.05, 0) is 30.2 Å². The van der Waals surface area contributed by atoms with Gasteiger partial charge in [-0.2, -0.15) is 4.98 Å². The molecule has 1 atom stereocenters. The van der Waals surface area contributed by atoms with Crippen molar-refractivity contribution in [3.8, 4) is 17.1 Å². The second-order valence-corrected chi connectivity index (χ2v) is 8.48. The van der Waals surface area contributed by atoms with Gasteiger partial charge in [0.15, 0.2) is 0 Å².